The van der Waals surface area contributed by atoms with Gasteiger partial charge in [-0.3, -0.25) is 9.78 Å². The van der Waals surface area contributed by atoms with Crippen molar-refractivity contribution in [3.63, 3.8) is 0 Å². The number of carbonyl (C=O) groups excluding carboxylic acids is 1. The number of anilines is 1. The lowest BCUT2D eigenvalue weighted by molar-refractivity contribution is -0.129. The van der Waals surface area contributed by atoms with Crippen molar-refractivity contribution in [3.8, 4) is 5.75 Å². The Hall–Kier alpha value is -3.03. The first kappa shape index (κ1) is 22.2. The van der Waals surface area contributed by atoms with Crippen molar-refractivity contribution >= 4 is 17.2 Å². The molecule has 8 heteroatoms. The first-order valence-electron chi connectivity index (χ1n) is 10.7. The van der Waals surface area contributed by atoms with Crippen molar-refractivity contribution in [1.29, 1.82) is 0 Å². The summed E-state index contributed by atoms with van der Waals surface area (Å²) < 4.78 is 46.0. The fourth-order valence-corrected chi connectivity index (χ4v) is 4.51. The van der Waals surface area contributed by atoms with Gasteiger partial charge in [0.05, 0.1) is 18.4 Å². The zero-order chi connectivity index (χ0) is 23.0. The van der Waals surface area contributed by atoms with Gasteiger partial charge in [0, 0.05) is 61.9 Å². The van der Waals surface area contributed by atoms with Crippen LogP contribution >= 0.6 is 0 Å². The summed E-state index contributed by atoms with van der Waals surface area (Å²) in [7, 11) is 1.59. The number of halogens is 3. The van der Waals surface area contributed by atoms with Crippen molar-refractivity contribution in [2.45, 2.75) is 45.8 Å². The SMILES string of the molecule is CCNc1cc(Cc2cc3c(cc2OC)CN(C(C)=O)CC3)nc2c1C(C(F)(F)F)=CC2. The van der Waals surface area contributed by atoms with Crippen molar-refractivity contribution in [2.24, 2.45) is 0 Å². The number of amides is 1. The second kappa shape index (κ2) is 8.48. The monoisotopic (exact) mass is 445 g/mol. The molecule has 1 aliphatic heterocycles. The Labute approximate surface area is 185 Å². The number of benzene rings is 1. The number of rotatable bonds is 5. The largest absolute Gasteiger partial charge is 0.496 e. The van der Waals surface area contributed by atoms with Gasteiger partial charge in [0.2, 0.25) is 5.91 Å². The van der Waals surface area contributed by atoms with Crippen LogP contribution in [0.3, 0.4) is 0 Å². The van der Waals surface area contributed by atoms with Crippen LogP contribution in [0.25, 0.3) is 5.57 Å². The van der Waals surface area contributed by atoms with Crippen LogP contribution in [0.1, 0.15) is 47.5 Å². The summed E-state index contributed by atoms with van der Waals surface area (Å²) in [5.41, 5.74) is 4.28. The third kappa shape index (κ3) is 4.18. The minimum atomic E-state index is -4.41. The maximum atomic E-state index is 13.5. The molecule has 5 nitrogen and oxygen atoms in total. The van der Waals surface area contributed by atoms with Crippen molar-refractivity contribution in [2.75, 3.05) is 25.5 Å². The number of methoxy groups -OCH3 is 1. The second-order valence-electron chi connectivity index (χ2n) is 8.13. The number of alkyl halides is 3. The summed E-state index contributed by atoms with van der Waals surface area (Å²) >= 11 is 0. The molecule has 1 aromatic heterocycles. The van der Waals surface area contributed by atoms with Gasteiger partial charge in [-0.25, -0.2) is 0 Å². The quantitative estimate of drug-likeness (QED) is 0.735. The van der Waals surface area contributed by atoms with E-state index < -0.39 is 11.7 Å². The maximum Gasteiger partial charge on any atom is 0.416 e. The fraction of sp³-hybridized carbons (Fsp3) is 0.417. The molecule has 0 fully saturated rings. The van der Waals surface area contributed by atoms with Gasteiger partial charge in [-0.1, -0.05) is 12.1 Å². The molecule has 0 unspecified atom stereocenters. The lowest BCUT2D eigenvalue weighted by Gasteiger charge is -2.29. The van der Waals surface area contributed by atoms with E-state index >= 15 is 0 Å². The van der Waals surface area contributed by atoms with Crippen LogP contribution in [0.2, 0.25) is 0 Å². The third-order valence-electron chi connectivity index (χ3n) is 6.02. The molecule has 0 saturated carbocycles. The standard InChI is InChI=1S/C24H26F3N3O2/c1-4-28-21-12-18(29-20-6-5-19(23(20)21)24(25,26)27)10-16-9-15-7-8-30(14(2)31)13-17(15)11-22(16)32-3/h5,9,11-12H,4,6-8,10,13H2,1-3H3,(H,28,29). The highest BCUT2D eigenvalue weighted by molar-refractivity contribution is 5.84. The predicted octanol–water partition coefficient (Wildman–Crippen LogP) is 4.52. The van der Waals surface area contributed by atoms with Crippen LogP contribution < -0.4 is 10.1 Å². The fourth-order valence-electron chi connectivity index (χ4n) is 4.51. The Morgan fingerprint density at radius 3 is 2.69 bits per heavy atom. The molecule has 0 spiro atoms. The van der Waals surface area contributed by atoms with E-state index in [4.69, 9.17) is 4.74 Å². The van der Waals surface area contributed by atoms with Crippen molar-refractivity contribution in [3.05, 3.63) is 57.9 Å². The van der Waals surface area contributed by atoms with Crippen LogP contribution in [-0.4, -0.2) is 42.2 Å². The highest BCUT2D eigenvalue weighted by atomic mass is 19.4. The summed E-state index contributed by atoms with van der Waals surface area (Å²) in [4.78, 5) is 18.1. The summed E-state index contributed by atoms with van der Waals surface area (Å²) in [5.74, 6) is 0.736. The van der Waals surface area contributed by atoms with E-state index in [1.54, 1.807) is 25.0 Å². The molecule has 1 N–H and O–H groups in total. The zero-order valence-corrected chi connectivity index (χ0v) is 18.4. The van der Waals surface area contributed by atoms with E-state index in [9.17, 15) is 18.0 Å². The lowest BCUT2D eigenvalue weighted by atomic mass is 9.94. The van der Waals surface area contributed by atoms with Gasteiger partial charge in [0.1, 0.15) is 5.75 Å². The van der Waals surface area contributed by atoms with Gasteiger partial charge in [-0.2, -0.15) is 13.2 Å². The smallest absolute Gasteiger partial charge is 0.416 e. The molecule has 0 saturated heterocycles. The second-order valence-corrected chi connectivity index (χ2v) is 8.13. The Kier molecular flexibility index (Phi) is 5.88. The molecular weight excluding hydrogens is 419 g/mol. The van der Waals surface area contributed by atoms with E-state index in [1.165, 1.54) is 6.08 Å². The summed E-state index contributed by atoms with van der Waals surface area (Å²) in [6.45, 7) is 5.15. The van der Waals surface area contributed by atoms with Crippen LogP contribution in [-0.2, 0) is 30.6 Å². The Morgan fingerprint density at radius 2 is 2.03 bits per heavy atom. The molecule has 2 aliphatic rings. The van der Waals surface area contributed by atoms with Gasteiger partial charge < -0.3 is 15.0 Å². The molecule has 4 rings (SSSR count). The number of nitrogens with one attached hydrogen (secondary N) is 1. The van der Waals surface area contributed by atoms with E-state index in [1.807, 2.05) is 13.0 Å². The lowest BCUT2D eigenvalue weighted by Crippen LogP contribution is -2.34. The first-order chi connectivity index (χ1) is 15.2. The zero-order valence-electron chi connectivity index (χ0n) is 18.4. The van der Waals surface area contributed by atoms with Crippen LogP contribution in [0, 0.1) is 0 Å². The number of nitrogens with zero attached hydrogens (tertiary/aromatic N) is 2. The average Bonchev–Trinajstić information content (AvgIpc) is 3.18. The van der Waals surface area contributed by atoms with E-state index in [2.05, 4.69) is 16.4 Å². The highest BCUT2D eigenvalue weighted by Crippen LogP contribution is 2.43. The summed E-state index contributed by atoms with van der Waals surface area (Å²) in [6, 6.07) is 5.75. The number of ether oxygens (including phenoxy) is 1. The molecule has 1 aromatic carbocycles. The van der Waals surface area contributed by atoms with Crippen LogP contribution in [0.4, 0.5) is 18.9 Å². The number of hydrogen-bond donors (Lipinski definition) is 1. The summed E-state index contributed by atoms with van der Waals surface area (Å²) in [6.07, 6.45) is -1.83. The minimum Gasteiger partial charge on any atom is -0.496 e. The molecule has 0 atom stereocenters. The number of fused-ring (bicyclic) bond motifs is 2. The van der Waals surface area contributed by atoms with Gasteiger partial charge in [-0.15, -0.1) is 0 Å². The third-order valence-corrected chi connectivity index (χ3v) is 6.02. The van der Waals surface area contributed by atoms with Crippen molar-refractivity contribution in [1.82, 2.24) is 9.88 Å². The molecule has 1 aliphatic carbocycles. The molecule has 1 amide bonds. The number of pyridine rings is 1. The topological polar surface area (TPSA) is 54.5 Å². The van der Waals surface area contributed by atoms with E-state index in [0.29, 0.717) is 48.9 Å². The Balaban J connectivity index is 1.68. The molecule has 2 aromatic rings. The molecule has 32 heavy (non-hydrogen) atoms. The molecule has 0 bridgehead atoms. The Morgan fingerprint density at radius 1 is 1.25 bits per heavy atom. The number of allylic oxidation sites excluding steroid dienone is 2. The van der Waals surface area contributed by atoms with Gasteiger partial charge in [0.15, 0.2) is 0 Å². The number of aromatic nitrogens is 1. The summed E-state index contributed by atoms with van der Waals surface area (Å²) in [5, 5.41) is 3.08. The minimum absolute atomic E-state index is 0.0452. The van der Waals surface area contributed by atoms with Crippen LogP contribution in [0.5, 0.6) is 5.75 Å². The number of carbonyl (C=O) groups is 1. The van der Waals surface area contributed by atoms with E-state index in [-0.39, 0.29) is 17.9 Å². The first-order valence-corrected chi connectivity index (χ1v) is 10.7. The normalized spacial score (nSPS) is 15.2. The Bertz CT molecular complexity index is 1090. The van der Waals surface area contributed by atoms with Crippen molar-refractivity contribution < 1.29 is 22.7 Å². The van der Waals surface area contributed by atoms with Crippen LogP contribution in [0.15, 0.2) is 24.3 Å². The highest BCUT2D eigenvalue weighted by Gasteiger charge is 2.40. The van der Waals surface area contributed by atoms with Gasteiger partial charge in [-0.05, 0) is 36.6 Å². The molecule has 170 valence electrons. The predicted molar refractivity (Wildman–Crippen MR) is 117 cm³/mol. The molecule has 2 heterocycles. The molecule has 0 radical (unpaired) electrons. The van der Waals surface area contributed by atoms with Gasteiger partial charge >= 0.3 is 6.18 Å². The van der Waals surface area contributed by atoms with Gasteiger partial charge in [0.25, 0.3) is 0 Å². The maximum absolute atomic E-state index is 13.5. The molecular formula is C24H26F3N3O2. The average molecular weight is 445 g/mol. The number of hydrogen-bond acceptors (Lipinski definition) is 4. The van der Waals surface area contributed by atoms with E-state index in [0.717, 1.165) is 23.1 Å².